The van der Waals surface area contributed by atoms with Crippen LogP contribution in [0.3, 0.4) is 0 Å². The first-order valence-corrected chi connectivity index (χ1v) is 30.4. The summed E-state index contributed by atoms with van der Waals surface area (Å²) in [6, 6.07) is 9.83. The standard InChI is InChI=1S/C66H96N8O12/c1-39(2)30-51-63(79)83-46(14)60(76)70(16)54(33-42(7)8)66(82)86-56(36-49-20-19-21-50(34-49)38-74-29-27-68-58(74)44(11)12)62(78)72(18)52(31-40(3)4)64(80)84-45(13)59(75)69(15)53(32-41(5)6)65(81)85-55(61(77)71(51)17)35-47-22-24-48(25-23-47)37-73-28-26-67-57(73)43(9)10/h19-29,34,39-46,51-56H,30-33,35-38H2,1-18H3/t45-,46-,51+,52+,53+,54+,55-,56-/m1/s1. The topological polar surface area (TPSA) is 222 Å². The lowest BCUT2D eigenvalue weighted by Gasteiger charge is -2.35. The average Bonchev–Trinajstić information content (AvgIpc) is 4.33. The number of benzene rings is 2. The van der Waals surface area contributed by atoms with E-state index in [1.807, 2.05) is 115 Å². The van der Waals surface area contributed by atoms with Gasteiger partial charge in [0.1, 0.15) is 35.8 Å². The van der Waals surface area contributed by atoms with Crippen molar-refractivity contribution in [3.8, 4) is 0 Å². The molecule has 20 heteroatoms. The molecule has 86 heavy (non-hydrogen) atoms. The van der Waals surface area contributed by atoms with Crippen molar-refractivity contribution in [1.29, 1.82) is 0 Å². The lowest BCUT2D eigenvalue weighted by Crippen LogP contribution is -2.55. The smallest absolute Gasteiger partial charge is 0.329 e. The van der Waals surface area contributed by atoms with Crippen LogP contribution in [0.15, 0.2) is 73.3 Å². The van der Waals surface area contributed by atoms with Gasteiger partial charge >= 0.3 is 23.9 Å². The summed E-state index contributed by atoms with van der Waals surface area (Å²) in [5.41, 5.74) is 3.10. The largest absolute Gasteiger partial charge is 0.451 e. The van der Waals surface area contributed by atoms with E-state index in [1.165, 1.54) is 51.8 Å². The van der Waals surface area contributed by atoms with Crippen LogP contribution in [0.25, 0.3) is 0 Å². The number of hydrogen-bond donors (Lipinski definition) is 0. The molecule has 0 bridgehead atoms. The minimum absolute atomic E-state index is 0.0808. The molecule has 0 unspecified atom stereocenters. The zero-order valence-electron chi connectivity index (χ0n) is 54.1. The van der Waals surface area contributed by atoms with Crippen LogP contribution >= 0.6 is 0 Å². The van der Waals surface area contributed by atoms with Gasteiger partial charge in [0.2, 0.25) is 0 Å². The SMILES string of the molecule is CC(C)C[C@H]1C(=O)O[C@H](Cc2cccc(Cn3ccnc3C(C)C)c2)C(=O)N(C)[C@@H](CC(C)C)C(=O)O[C@H](C)C(=O)N(C)[C@@H](CC(C)C)C(=O)O[C@H](Cc2ccc(Cn3ccnc3C(C)C)cc2)C(=O)N(C)[C@@H](CC(C)C)C(=O)O[C@H](C)C(=O)N1C. The molecule has 2 aromatic carbocycles. The maximum Gasteiger partial charge on any atom is 0.329 e. The Kier molecular flexibility index (Phi) is 25.3. The number of aromatic nitrogens is 4. The summed E-state index contributed by atoms with van der Waals surface area (Å²) in [7, 11) is 5.61. The summed E-state index contributed by atoms with van der Waals surface area (Å²) in [4.78, 5) is 132. The van der Waals surface area contributed by atoms with E-state index in [4.69, 9.17) is 18.9 Å². The molecule has 472 valence electrons. The second kappa shape index (κ2) is 31.3. The van der Waals surface area contributed by atoms with Crippen molar-refractivity contribution in [1.82, 2.24) is 38.7 Å². The van der Waals surface area contributed by atoms with Crippen LogP contribution in [0.1, 0.15) is 168 Å². The van der Waals surface area contributed by atoms with E-state index in [-0.39, 0.29) is 74.0 Å². The van der Waals surface area contributed by atoms with Crippen LogP contribution < -0.4 is 0 Å². The number of ether oxygens (including phenoxy) is 4. The first kappa shape index (κ1) is 69.4. The molecule has 5 rings (SSSR count). The number of carbonyl (C=O) groups excluding carboxylic acids is 8. The lowest BCUT2D eigenvalue weighted by molar-refractivity contribution is -0.176. The van der Waals surface area contributed by atoms with E-state index in [1.54, 1.807) is 18.5 Å². The van der Waals surface area contributed by atoms with Crippen molar-refractivity contribution in [2.45, 2.75) is 209 Å². The zero-order valence-corrected chi connectivity index (χ0v) is 54.1. The van der Waals surface area contributed by atoms with Gasteiger partial charge in [0.05, 0.1) is 0 Å². The van der Waals surface area contributed by atoms with Crippen molar-refractivity contribution in [3.05, 3.63) is 107 Å². The molecule has 1 saturated heterocycles. The molecule has 0 N–H and O–H groups in total. The Morgan fingerprint density at radius 1 is 0.407 bits per heavy atom. The zero-order chi connectivity index (χ0) is 64.0. The highest BCUT2D eigenvalue weighted by Gasteiger charge is 2.43. The van der Waals surface area contributed by atoms with Gasteiger partial charge in [-0.25, -0.2) is 29.1 Å². The van der Waals surface area contributed by atoms with Crippen LogP contribution in [0.2, 0.25) is 0 Å². The molecule has 3 heterocycles. The second-order valence-electron chi connectivity index (χ2n) is 25.6. The van der Waals surface area contributed by atoms with Crippen LogP contribution in [0.4, 0.5) is 0 Å². The summed E-state index contributed by atoms with van der Waals surface area (Å²) in [6.45, 7) is 26.9. The fraction of sp³-hybridized carbons (Fsp3) is 0.606. The van der Waals surface area contributed by atoms with Gasteiger partial charge in [-0.1, -0.05) is 132 Å². The summed E-state index contributed by atoms with van der Waals surface area (Å²) >= 11 is 0. The molecular weight excluding hydrogens is 1100 g/mol. The number of cyclic esters (lactones) is 4. The van der Waals surface area contributed by atoms with E-state index in [0.717, 1.165) is 32.6 Å². The first-order chi connectivity index (χ1) is 40.4. The van der Waals surface area contributed by atoms with Gasteiger partial charge in [0, 0.05) is 90.7 Å². The number of amides is 4. The van der Waals surface area contributed by atoms with Gasteiger partial charge in [-0.3, -0.25) is 19.2 Å². The highest BCUT2D eigenvalue weighted by atomic mass is 16.6. The van der Waals surface area contributed by atoms with E-state index >= 15 is 9.59 Å². The third-order valence-electron chi connectivity index (χ3n) is 15.6. The Hall–Kier alpha value is -7.38. The van der Waals surface area contributed by atoms with Crippen LogP contribution in [0, 0.1) is 23.7 Å². The third kappa shape index (κ3) is 18.8. The minimum atomic E-state index is -1.55. The molecule has 1 aliphatic rings. The van der Waals surface area contributed by atoms with Crippen LogP contribution in [-0.2, 0) is 83.2 Å². The number of carbonyl (C=O) groups is 8. The van der Waals surface area contributed by atoms with Crippen molar-refractivity contribution in [3.63, 3.8) is 0 Å². The molecular formula is C66H96N8O12. The van der Waals surface area contributed by atoms with Gasteiger partial charge < -0.3 is 47.7 Å². The van der Waals surface area contributed by atoms with Gasteiger partial charge in [0.15, 0.2) is 24.4 Å². The molecule has 4 aromatic rings. The van der Waals surface area contributed by atoms with Gasteiger partial charge in [-0.05, 0) is 85.5 Å². The molecule has 8 atom stereocenters. The minimum Gasteiger partial charge on any atom is -0.451 e. The number of nitrogens with zero attached hydrogens (tertiary/aromatic N) is 8. The maximum atomic E-state index is 15.2. The predicted octanol–water partition coefficient (Wildman–Crippen LogP) is 8.40. The Bertz CT molecular complexity index is 2930. The molecule has 1 aliphatic heterocycles. The second-order valence-corrected chi connectivity index (χ2v) is 25.6. The quantitative estimate of drug-likeness (QED) is 0.0674. The molecule has 0 aliphatic carbocycles. The normalized spacial score (nSPS) is 22.6. The fourth-order valence-electron chi connectivity index (χ4n) is 10.8. The lowest BCUT2D eigenvalue weighted by atomic mass is 9.99. The van der Waals surface area contributed by atoms with Crippen molar-refractivity contribution < 1.29 is 57.3 Å². The van der Waals surface area contributed by atoms with Crippen molar-refractivity contribution in [2.75, 3.05) is 28.2 Å². The molecule has 1 fully saturated rings. The molecule has 2 aromatic heterocycles. The highest BCUT2D eigenvalue weighted by molar-refractivity contribution is 5.94. The monoisotopic (exact) mass is 1190 g/mol. The molecule has 20 nitrogen and oxygen atoms in total. The number of rotatable bonds is 18. The number of hydrogen-bond acceptors (Lipinski definition) is 14. The van der Waals surface area contributed by atoms with Crippen LogP contribution in [0.5, 0.6) is 0 Å². The third-order valence-corrected chi connectivity index (χ3v) is 15.6. The predicted molar refractivity (Wildman–Crippen MR) is 326 cm³/mol. The number of likely N-dealkylation sites (N-methyl/N-ethyl adjacent to an activating group) is 4. The van der Waals surface area contributed by atoms with Crippen molar-refractivity contribution >= 4 is 47.5 Å². The molecule has 4 amide bonds. The fourth-order valence-corrected chi connectivity index (χ4v) is 10.8. The summed E-state index contributed by atoms with van der Waals surface area (Å²) in [5, 5.41) is 0. The van der Waals surface area contributed by atoms with Crippen molar-refractivity contribution in [2.24, 2.45) is 23.7 Å². The van der Waals surface area contributed by atoms with Gasteiger partial charge in [0.25, 0.3) is 23.6 Å². The van der Waals surface area contributed by atoms with Gasteiger partial charge in [-0.15, -0.1) is 0 Å². The summed E-state index contributed by atoms with van der Waals surface area (Å²) in [6.07, 6.45) is 1.30. The van der Waals surface area contributed by atoms with E-state index in [0.29, 0.717) is 24.2 Å². The van der Waals surface area contributed by atoms with E-state index in [2.05, 4.69) is 42.2 Å². The first-order valence-electron chi connectivity index (χ1n) is 30.4. The summed E-state index contributed by atoms with van der Waals surface area (Å²) in [5.74, 6) is -5.26. The Labute approximate surface area is 509 Å². The highest BCUT2D eigenvalue weighted by Crippen LogP contribution is 2.26. The number of imidazole rings is 2. The Balaban J connectivity index is 1.60. The van der Waals surface area contributed by atoms with E-state index in [9.17, 15) is 28.8 Å². The van der Waals surface area contributed by atoms with Crippen LogP contribution in [-0.4, -0.2) is 163 Å². The molecule has 0 saturated carbocycles. The van der Waals surface area contributed by atoms with Gasteiger partial charge in [-0.2, -0.15) is 0 Å². The average molecular weight is 1190 g/mol. The number of esters is 4. The van der Waals surface area contributed by atoms with E-state index < -0.39 is 96.1 Å². The molecule has 0 radical (unpaired) electrons. The summed E-state index contributed by atoms with van der Waals surface area (Å²) < 4.78 is 28.5. The molecule has 0 spiro atoms. The maximum absolute atomic E-state index is 15.2. The Morgan fingerprint density at radius 2 is 0.721 bits per heavy atom. The Morgan fingerprint density at radius 3 is 1.08 bits per heavy atom.